The van der Waals surface area contributed by atoms with Gasteiger partial charge in [-0.2, -0.15) is 18.4 Å². The summed E-state index contributed by atoms with van der Waals surface area (Å²) >= 11 is 1.22. The van der Waals surface area contributed by atoms with Gasteiger partial charge in [0.05, 0.1) is 5.69 Å². The van der Waals surface area contributed by atoms with Crippen molar-refractivity contribution in [2.75, 3.05) is 0 Å². The van der Waals surface area contributed by atoms with Gasteiger partial charge < -0.3 is 0 Å². The van der Waals surface area contributed by atoms with Crippen LogP contribution in [0.3, 0.4) is 0 Å². The van der Waals surface area contributed by atoms with Crippen LogP contribution in [0.15, 0.2) is 18.2 Å². The molecule has 3 aromatic heterocycles. The average Bonchev–Trinajstić information content (AvgIpc) is 3.20. The number of aryl methyl sites for hydroxylation is 1. The number of H-pyrrole nitrogens is 1. The third-order valence-corrected chi connectivity index (χ3v) is 4.38. The third kappa shape index (κ3) is 2.85. The number of aromatic nitrogens is 5. The molecule has 0 bridgehead atoms. The molecule has 6 nitrogen and oxygen atoms in total. The first kappa shape index (κ1) is 16.1. The van der Waals surface area contributed by atoms with Crippen molar-refractivity contribution in [2.24, 2.45) is 0 Å². The van der Waals surface area contributed by atoms with E-state index in [2.05, 4.69) is 25.4 Å². The molecule has 0 fully saturated rings. The molecular formula is C14H9F3N6S. The van der Waals surface area contributed by atoms with Gasteiger partial charge in [-0.3, -0.25) is 0 Å². The Morgan fingerprint density at radius 1 is 1.25 bits per heavy atom. The zero-order chi connectivity index (χ0) is 17.3. The molecule has 0 amide bonds. The van der Waals surface area contributed by atoms with Gasteiger partial charge in [0.15, 0.2) is 5.69 Å². The lowest BCUT2D eigenvalue weighted by atomic mass is 10.2. The fourth-order valence-electron chi connectivity index (χ4n) is 2.07. The normalized spacial score (nSPS) is 11.5. The molecule has 0 aliphatic carbocycles. The van der Waals surface area contributed by atoms with Gasteiger partial charge in [-0.25, -0.2) is 15.1 Å². The topological polar surface area (TPSA) is 91.1 Å². The van der Waals surface area contributed by atoms with Gasteiger partial charge in [0.25, 0.3) is 0 Å². The van der Waals surface area contributed by atoms with E-state index in [-0.39, 0.29) is 17.1 Å². The number of alkyl halides is 3. The molecule has 0 radical (unpaired) electrons. The number of aromatic amines is 1. The monoisotopic (exact) mass is 350 g/mol. The summed E-state index contributed by atoms with van der Waals surface area (Å²) in [5.74, 6) is 0. The molecule has 0 atom stereocenters. The molecule has 3 aromatic rings. The van der Waals surface area contributed by atoms with E-state index in [1.807, 2.05) is 13.0 Å². The van der Waals surface area contributed by atoms with Crippen LogP contribution in [0, 0.1) is 11.3 Å². The predicted octanol–water partition coefficient (Wildman–Crippen LogP) is 3.44. The summed E-state index contributed by atoms with van der Waals surface area (Å²) in [5.41, 5.74) is 0.0103. The van der Waals surface area contributed by atoms with Crippen molar-refractivity contribution in [3.8, 4) is 28.2 Å². The first-order valence-corrected chi connectivity index (χ1v) is 7.61. The van der Waals surface area contributed by atoms with Crippen LogP contribution in [0.1, 0.15) is 23.2 Å². The lowest BCUT2D eigenvalue weighted by Crippen LogP contribution is -2.07. The van der Waals surface area contributed by atoms with Gasteiger partial charge in [-0.15, -0.1) is 16.4 Å². The molecule has 10 heteroatoms. The molecule has 0 spiro atoms. The van der Waals surface area contributed by atoms with Crippen LogP contribution in [0.2, 0.25) is 0 Å². The van der Waals surface area contributed by atoms with E-state index in [1.165, 1.54) is 23.5 Å². The minimum absolute atomic E-state index is 0.123. The number of hydrogen-bond donors (Lipinski definition) is 1. The van der Waals surface area contributed by atoms with Crippen LogP contribution in [0.4, 0.5) is 13.2 Å². The molecule has 0 aliphatic rings. The summed E-state index contributed by atoms with van der Waals surface area (Å²) in [4.78, 5) is 8.77. The Labute approximate surface area is 138 Å². The molecule has 0 aliphatic heterocycles. The number of nitrogens with one attached hydrogen (secondary N) is 1. The predicted molar refractivity (Wildman–Crippen MR) is 79.8 cm³/mol. The van der Waals surface area contributed by atoms with Gasteiger partial charge in [-0.1, -0.05) is 18.2 Å². The number of nitriles is 1. The van der Waals surface area contributed by atoms with Crippen molar-refractivity contribution in [3.63, 3.8) is 0 Å². The van der Waals surface area contributed by atoms with Crippen LogP contribution >= 0.6 is 11.3 Å². The largest absolute Gasteiger partial charge is 0.433 e. The molecule has 0 saturated heterocycles. The van der Waals surface area contributed by atoms with Crippen molar-refractivity contribution in [1.82, 2.24) is 25.4 Å². The standard InChI is InChI=1S/C14H9F3N6S/c1-2-9-12(11-8(6-18)21-23-22-11)20-13(24-9)7-4-3-5-10(19-7)14(15,16)17/h3-5H,2H2,1H3,(H,21,22,23). The van der Waals surface area contributed by atoms with Crippen molar-refractivity contribution < 1.29 is 13.2 Å². The van der Waals surface area contributed by atoms with E-state index in [9.17, 15) is 13.2 Å². The lowest BCUT2D eigenvalue weighted by Gasteiger charge is -2.05. The fraction of sp³-hybridized carbons (Fsp3) is 0.214. The third-order valence-electron chi connectivity index (χ3n) is 3.16. The quantitative estimate of drug-likeness (QED) is 0.781. The zero-order valence-electron chi connectivity index (χ0n) is 12.2. The minimum Gasteiger partial charge on any atom is -0.247 e. The fourth-order valence-corrected chi connectivity index (χ4v) is 3.04. The molecular weight excluding hydrogens is 341 g/mol. The van der Waals surface area contributed by atoms with Crippen LogP contribution in [0.25, 0.3) is 22.1 Å². The Kier molecular flexibility index (Phi) is 4.02. The Morgan fingerprint density at radius 2 is 2.04 bits per heavy atom. The van der Waals surface area contributed by atoms with Gasteiger partial charge in [-0.05, 0) is 18.6 Å². The van der Waals surface area contributed by atoms with Gasteiger partial charge >= 0.3 is 6.18 Å². The van der Waals surface area contributed by atoms with Crippen molar-refractivity contribution in [2.45, 2.75) is 19.5 Å². The molecule has 24 heavy (non-hydrogen) atoms. The van der Waals surface area contributed by atoms with E-state index in [4.69, 9.17) is 5.26 Å². The van der Waals surface area contributed by atoms with E-state index < -0.39 is 11.9 Å². The highest BCUT2D eigenvalue weighted by Crippen LogP contribution is 2.35. The maximum Gasteiger partial charge on any atom is 0.433 e. The number of thiazole rings is 1. The molecule has 1 N–H and O–H groups in total. The van der Waals surface area contributed by atoms with Gasteiger partial charge in [0, 0.05) is 4.88 Å². The minimum atomic E-state index is -4.52. The second-order valence-corrected chi connectivity index (χ2v) is 5.78. The molecule has 3 rings (SSSR count). The number of halogens is 3. The highest BCUT2D eigenvalue weighted by molar-refractivity contribution is 7.15. The number of rotatable bonds is 3. The number of pyridine rings is 1. The smallest absolute Gasteiger partial charge is 0.247 e. The SMILES string of the molecule is CCc1sc(-c2cccc(C(F)(F)F)n2)nc1-c1nn[nH]c1C#N. The Hall–Kier alpha value is -2.80. The summed E-state index contributed by atoms with van der Waals surface area (Å²) in [5, 5.41) is 19.3. The molecule has 0 saturated carbocycles. The highest BCUT2D eigenvalue weighted by atomic mass is 32.1. The van der Waals surface area contributed by atoms with E-state index in [1.54, 1.807) is 0 Å². The summed E-state index contributed by atoms with van der Waals surface area (Å²) in [7, 11) is 0. The second-order valence-electron chi connectivity index (χ2n) is 4.70. The van der Waals surface area contributed by atoms with Gasteiger partial charge in [0.2, 0.25) is 0 Å². The van der Waals surface area contributed by atoms with Crippen LogP contribution in [-0.4, -0.2) is 25.4 Å². The summed E-state index contributed by atoms with van der Waals surface area (Å²) in [6.07, 6.45) is -3.94. The summed E-state index contributed by atoms with van der Waals surface area (Å²) in [6.45, 7) is 1.88. The Balaban J connectivity index is 2.10. The molecule has 3 heterocycles. The Bertz CT molecular complexity index is 921. The van der Waals surface area contributed by atoms with E-state index >= 15 is 0 Å². The van der Waals surface area contributed by atoms with Crippen LogP contribution < -0.4 is 0 Å². The van der Waals surface area contributed by atoms with Crippen molar-refractivity contribution >= 4 is 11.3 Å². The second kappa shape index (κ2) is 6.01. The molecule has 122 valence electrons. The van der Waals surface area contributed by atoms with Crippen LogP contribution in [0.5, 0.6) is 0 Å². The number of hydrogen-bond acceptors (Lipinski definition) is 6. The molecule has 0 unspecified atom stereocenters. The lowest BCUT2D eigenvalue weighted by molar-refractivity contribution is -0.141. The average molecular weight is 350 g/mol. The Morgan fingerprint density at radius 3 is 2.71 bits per heavy atom. The highest BCUT2D eigenvalue weighted by Gasteiger charge is 2.32. The maximum atomic E-state index is 12.8. The summed E-state index contributed by atoms with van der Waals surface area (Å²) in [6, 6.07) is 5.58. The molecule has 0 aromatic carbocycles. The van der Waals surface area contributed by atoms with Crippen LogP contribution in [-0.2, 0) is 12.6 Å². The van der Waals surface area contributed by atoms with Gasteiger partial charge in [0.1, 0.15) is 28.2 Å². The van der Waals surface area contributed by atoms with E-state index in [0.29, 0.717) is 17.1 Å². The van der Waals surface area contributed by atoms with Crippen molar-refractivity contribution in [3.05, 3.63) is 34.5 Å². The number of nitrogens with zero attached hydrogens (tertiary/aromatic N) is 5. The first-order chi connectivity index (χ1) is 11.4. The van der Waals surface area contributed by atoms with Crippen molar-refractivity contribution in [1.29, 1.82) is 5.26 Å². The zero-order valence-corrected chi connectivity index (χ0v) is 13.0. The first-order valence-electron chi connectivity index (χ1n) is 6.80. The van der Waals surface area contributed by atoms with E-state index in [0.717, 1.165) is 10.9 Å². The summed E-state index contributed by atoms with van der Waals surface area (Å²) < 4.78 is 38.5. The maximum absolute atomic E-state index is 12.8.